The standard InChI is InChI=1S/C9H11NO3S/c1-13-9(11)10(12)14-7-8-5-3-2-4-6-8/h2-6,12H,7H2,1H3. The Morgan fingerprint density at radius 3 is 2.71 bits per heavy atom. The number of carbonyl (C=O) groups is 1. The molecule has 0 radical (unpaired) electrons. The van der Waals surface area contributed by atoms with E-state index in [0.29, 0.717) is 10.2 Å². The van der Waals surface area contributed by atoms with Gasteiger partial charge in [0.1, 0.15) is 0 Å². The highest BCUT2D eigenvalue weighted by Gasteiger charge is 2.10. The number of hydrogen-bond donors (Lipinski definition) is 1. The maximum atomic E-state index is 10.8. The Morgan fingerprint density at radius 1 is 1.50 bits per heavy atom. The van der Waals surface area contributed by atoms with Gasteiger partial charge in [-0.15, -0.1) is 4.47 Å². The molecule has 4 nitrogen and oxygen atoms in total. The van der Waals surface area contributed by atoms with Crippen LogP contribution in [0.3, 0.4) is 0 Å². The van der Waals surface area contributed by atoms with Crippen LogP contribution in [0.2, 0.25) is 0 Å². The summed E-state index contributed by atoms with van der Waals surface area (Å²) in [5.41, 5.74) is 1.03. The first-order valence-electron chi connectivity index (χ1n) is 3.98. The number of amides is 1. The van der Waals surface area contributed by atoms with Gasteiger partial charge in [0.25, 0.3) is 0 Å². The maximum Gasteiger partial charge on any atom is 0.444 e. The Bertz CT molecular complexity index is 291. The van der Waals surface area contributed by atoms with E-state index in [2.05, 4.69) is 4.74 Å². The third-order valence-corrected chi connectivity index (χ3v) is 2.38. The van der Waals surface area contributed by atoms with Crippen molar-refractivity contribution in [3.63, 3.8) is 0 Å². The summed E-state index contributed by atoms with van der Waals surface area (Å²) in [5.74, 6) is 0.520. The van der Waals surface area contributed by atoms with Crippen LogP contribution < -0.4 is 0 Å². The molecule has 1 rings (SSSR count). The van der Waals surface area contributed by atoms with Gasteiger partial charge in [0.2, 0.25) is 0 Å². The second kappa shape index (κ2) is 5.51. The number of ether oxygens (including phenoxy) is 1. The van der Waals surface area contributed by atoms with Crippen LogP contribution in [0.25, 0.3) is 0 Å². The highest BCUT2D eigenvalue weighted by Crippen LogP contribution is 2.15. The lowest BCUT2D eigenvalue weighted by atomic mass is 10.2. The molecule has 1 aromatic carbocycles. The summed E-state index contributed by atoms with van der Waals surface area (Å²) in [6, 6.07) is 9.53. The Balaban J connectivity index is 2.38. The lowest BCUT2D eigenvalue weighted by Gasteiger charge is -2.10. The molecule has 0 unspecified atom stereocenters. The lowest BCUT2D eigenvalue weighted by molar-refractivity contribution is 0.0153. The van der Waals surface area contributed by atoms with Gasteiger partial charge in [0.15, 0.2) is 0 Å². The topological polar surface area (TPSA) is 49.8 Å². The highest BCUT2D eigenvalue weighted by atomic mass is 32.2. The zero-order valence-electron chi connectivity index (χ0n) is 7.71. The summed E-state index contributed by atoms with van der Waals surface area (Å²) in [4.78, 5) is 10.8. The molecule has 14 heavy (non-hydrogen) atoms. The second-order valence-electron chi connectivity index (χ2n) is 2.50. The van der Waals surface area contributed by atoms with Gasteiger partial charge in [-0.3, -0.25) is 5.21 Å². The van der Waals surface area contributed by atoms with Crippen LogP contribution in [0.1, 0.15) is 5.56 Å². The highest BCUT2D eigenvalue weighted by molar-refractivity contribution is 7.96. The fraction of sp³-hybridized carbons (Fsp3) is 0.222. The predicted molar refractivity (Wildman–Crippen MR) is 53.8 cm³/mol. The minimum atomic E-state index is -0.772. The predicted octanol–water partition coefficient (Wildman–Crippen LogP) is 2.29. The third-order valence-electron chi connectivity index (χ3n) is 1.53. The Hall–Kier alpha value is -1.20. The first kappa shape index (κ1) is 10.9. The van der Waals surface area contributed by atoms with E-state index in [1.807, 2.05) is 30.3 Å². The third kappa shape index (κ3) is 3.27. The second-order valence-corrected chi connectivity index (χ2v) is 3.39. The van der Waals surface area contributed by atoms with Crippen molar-refractivity contribution in [1.82, 2.24) is 4.47 Å². The summed E-state index contributed by atoms with van der Waals surface area (Å²) in [5, 5.41) is 9.10. The van der Waals surface area contributed by atoms with E-state index in [-0.39, 0.29) is 0 Å². The number of nitrogens with zero attached hydrogens (tertiary/aromatic N) is 1. The van der Waals surface area contributed by atoms with E-state index in [4.69, 9.17) is 5.21 Å². The van der Waals surface area contributed by atoms with Crippen LogP contribution in [-0.2, 0) is 10.5 Å². The molecule has 0 aliphatic carbocycles. The molecular weight excluding hydrogens is 202 g/mol. The van der Waals surface area contributed by atoms with E-state index in [9.17, 15) is 4.79 Å². The molecule has 1 N–H and O–H groups in total. The van der Waals surface area contributed by atoms with E-state index < -0.39 is 6.09 Å². The first-order chi connectivity index (χ1) is 6.74. The van der Waals surface area contributed by atoms with Crippen LogP contribution in [0.15, 0.2) is 30.3 Å². The fourth-order valence-corrected chi connectivity index (χ4v) is 1.48. The average Bonchev–Trinajstić information content (AvgIpc) is 2.26. The SMILES string of the molecule is COC(=O)N(O)SCc1ccccc1. The number of benzene rings is 1. The van der Waals surface area contributed by atoms with Gasteiger partial charge in [-0.1, -0.05) is 30.3 Å². The van der Waals surface area contributed by atoms with Gasteiger partial charge < -0.3 is 4.74 Å². The summed E-state index contributed by atoms with van der Waals surface area (Å²) in [6.07, 6.45) is -0.772. The molecular formula is C9H11NO3S. The molecule has 0 heterocycles. The minimum Gasteiger partial charge on any atom is -0.451 e. The molecule has 0 aliphatic rings. The average molecular weight is 213 g/mol. The number of carbonyl (C=O) groups excluding carboxylic acids is 1. The van der Waals surface area contributed by atoms with E-state index in [1.165, 1.54) is 7.11 Å². The van der Waals surface area contributed by atoms with Crippen LogP contribution in [0.4, 0.5) is 4.79 Å². The number of methoxy groups -OCH3 is 1. The fourth-order valence-electron chi connectivity index (χ4n) is 0.841. The Labute approximate surface area is 86.6 Å². The summed E-state index contributed by atoms with van der Waals surface area (Å²) in [7, 11) is 1.22. The smallest absolute Gasteiger partial charge is 0.444 e. The van der Waals surface area contributed by atoms with E-state index in [0.717, 1.165) is 17.5 Å². The van der Waals surface area contributed by atoms with Crippen molar-refractivity contribution in [2.45, 2.75) is 5.75 Å². The molecule has 0 fully saturated rings. The van der Waals surface area contributed by atoms with Crippen molar-refractivity contribution in [3.8, 4) is 0 Å². The number of hydrogen-bond acceptors (Lipinski definition) is 4. The summed E-state index contributed by atoms with van der Waals surface area (Å²) >= 11 is 0.977. The van der Waals surface area contributed by atoms with Gasteiger partial charge in [-0.2, -0.15) is 0 Å². The maximum absolute atomic E-state index is 10.8. The van der Waals surface area contributed by atoms with Crippen molar-refractivity contribution < 1.29 is 14.7 Å². The van der Waals surface area contributed by atoms with Gasteiger partial charge in [-0.25, -0.2) is 4.79 Å². The van der Waals surface area contributed by atoms with E-state index >= 15 is 0 Å². The van der Waals surface area contributed by atoms with Crippen molar-refractivity contribution in [3.05, 3.63) is 35.9 Å². The molecule has 0 saturated carbocycles. The first-order valence-corrected chi connectivity index (χ1v) is 4.92. The van der Waals surface area contributed by atoms with Gasteiger partial charge in [-0.05, 0) is 17.5 Å². The Kier molecular flexibility index (Phi) is 4.28. The van der Waals surface area contributed by atoms with Crippen LogP contribution in [0, 0.1) is 0 Å². The van der Waals surface area contributed by atoms with Crippen LogP contribution in [0.5, 0.6) is 0 Å². The summed E-state index contributed by atoms with van der Waals surface area (Å²) in [6.45, 7) is 0. The quantitative estimate of drug-likeness (QED) is 0.475. The molecule has 0 saturated heterocycles. The van der Waals surface area contributed by atoms with Crippen molar-refractivity contribution in [2.75, 3.05) is 7.11 Å². The number of hydroxylamine groups is 1. The molecule has 5 heteroatoms. The molecule has 1 aromatic rings. The molecule has 0 spiro atoms. The number of rotatable bonds is 3. The van der Waals surface area contributed by atoms with Gasteiger partial charge in [0.05, 0.1) is 7.11 Å². The largest absolute Gasteiger partial charge is 0.451 e. The lowest BCUT2D eigenvalue weighted by Crippen LogP contribution is -2.19. The van der Waals surface area contributed by atoms with Crippen LogP contribution in [-0.4, -0.2) is 22.9 Å². The van der Waals surface area contributed by atoms with Gasteiger partial charge >= 0.3 is 6.09 Å². The molecule has 76 valence electrons. The van der Waals surface area contributed by atoms with Gasteiger partial charge in [0, 0.05) is 5.75 Å². The minimum absolute atomic E-state index is 0.479. The monoisotopic (exact) mass is 213 g/mol. The van der Waals surface area contributed by atoms with Crippen molar-refractivity contribution in [2.24, 2.45) is 0 Å². The van der Waals surface area contributed by atoms with Crippen LogP contribution >= 0.6 is 11.9 Å². The molecule has 1 amide bonds. The molecule has 0 bridgehead atoms. The van der Waals surface area contributed by atoms with E-state index in [1.54, 1.807) is 0 Å². The molecule has 0 atom stereocenters. The zero-order chi connectivity index (χ0) is 10.4. The van der Waals surface area contributed by atoms with Crippen molar-refractivity contribution in [1.29, 1.82) is 0 Å². The Morgan fingerprint density at radius 2 is 2.14 bits per heavy atom. The normalized spacial score (nSPS) is 9.57. The zero-order valence-corrected chi connectivity index (χ0v) is 8.53. The molecule has 0 aliphatic heterocycles. The summed E-state index contributed by atoms with van der Waals surface area (Å²) < 4.78 is 4.80. The molecule has 0 aromatic heterocycles. The van der Waals surface area contributed by atoms with Crippen molar-refractivity contribution >= 4 is 18.0 Å².